The Balaban J connectivity index is 2.87. The first kappa shape index (κ1) is 15.0. The molecule has 0 aliphatic heterocycles. The number of rotatable bonds is 6. The molecule has 1 atom stereocenters. The van der Waals surface area contributed by atoms with E-state index in [1.54, 1.807) is 0 Å². The van der Waals surface area contributed by atoms with Crippen LogP contribution in [-0.2, 0) is 3.07 Å². The van der Waals surface area contributed by atoms with Gasteiger partial charge in [-0.3, -0.25) is 0 Å². The van der Waals surface area contributed by atoms with E-state index in [1.165, 1.54) is 13.6 Å². The van der Waals surface area contributed by atoms with Gasteiger partial charge in [-0.15, -0.1) is 0 Å². The first-order valence-corrected chi connectivity index (χ1v) is 11.0. The molecular formula is C14H24NOSn. The van der Waals surface area contributed by atoms with E-state index in [1.807, 2.05) is 0 Å². The van der Waals surface area contributed by atoms with Gasteiger partial charge in [-0.1, -0.05) is 0 Å². The SMILES string of the molecule is C[CH2][Sn]([O]CC(C)C)[c]1ccccc1C(C)N. The molecule has 2 N–H and O–H groups in total. The summed E-state index contributed by atoms with van der Waals surface area (Å²) in [7, 11) is 0. The Morgan fingerprint density at radius 1 is 1.24 bits per heavy atom. The summed E-state index contributed by atoms with van der Waals surface area (Å²) in [5.41, 5.74) is 7.32. The minimum absolute atomic E-state index is 0.107. The van der Waals surface area contributed by atoms with E-state index in [9.17, 15) is 0 Å². The van der Waals surface area contributed by atoms with Crippen LogP contribution in [0.3, 0.4) is 0 Å². The standard InChI is InChI=1S/C8H10N.C4H9O.C2H5.Sn/c1-7(9)8-5-3-2-4-6-8;1-4(2)3-5;1-2;/h2-5,7H,9H2,1H3;4H,3H2,1-2H3;1H2,2H3;/q;-1;;+1. The van der Waals surface area contributed by atoms with Crippen LogP contribution in [0.2, 0.25) is 4.44 Å². The maximum atomic E-state index is 6.17. The van der Waals surface area contributed by atoms with Gasteiger partial charge >= 0.3 is 113 Å². The Kier molecular flexibility index (Phi) is 6.52. The Labute approximate surface area is 113 Å². The molecule has 0 saturated heterocycles. The fourth-order valence-electron chi connectivity index (χ4n) is 1.79. The summed E-state index contributed by atoms with van der Waals surface area (Å²) >= 11 is -1.91. The van der Waals surface area contributed by atoms with Gasteiger partial charge in [0, 0.05) is 0 Å². The summed E-state index contributed by atoms with van der Waals surface area (Å²) < 4.78 is 8.79. The Hall–Kier alpha value is -0.0613. The second-order valence-electron chi connectivity index (χ2n) is 4.86. The van der Waals surface area contributed by atoms with E-state index in [0.29, 0.717) is 5.92 Å². The van der Waals surface area contributed by atoms with Gasteiger partial charge < -0.3 is 0 Å². The van der Waals surface area contributed by atoms with Gasteiger partial charge in [0.25, 0.3) is 0 Å². The molecule has 0 fully saturated rings. The molecule has 1 aromatic rings. The van der Waals surface area contributed by atoms with Gasteiger partial charge in [0.2, 0.25) is 0 Å². The molecule has 1 rings (SSSR count). The van der Waals surface area contributed by atoms with Crippen LogP contribution in [0.25, 0.3) is 0 Å². The second-order valence-corrected chi connectivity index (χ2v) is 11.7. The second kappa shape index (κ2) is 7.39. The van der Waals surface area contributed by atoms with E-state index in [0.717, 1.165) is 6.61 Å². The first-order valence-electron chi connectivity index (χ1n) is 6.39. The van der Waals surface area contributed by atoms with Crippen LogP contribution < -0.4 is 9.31 Å². The van der Waals surface area contributed by atoms with Crippen molar-refractivity contribution in [3.05, 3.63) is 29.8 Å². The molecular weight excluding hydrogens is 317 g/mol. The summed E-state index contributed by atoms with van der Waals surface area (Å²) in [6, 6.07) is 8.65. The van der Waals surface area contributed by atoms with Crippen molar-refractivity contribution < 1.29 is 3.07 Å². The van der Waals surface area contributed by atoms with Gasteiger partial charge in [0.1, 0.15) is 0 Å². The van der Waals surface area contributed by atoms with Crippen molar-refractivity contribution in [3.63, 3.8) is 0 Å². The Bertz CT molecular complexity index is 339. The van der Waals surface area contributed by atoms with Crippen LogP contribution in [-0.4, -0.2) is 26.8 Å². The van der Waals surface area contributed by atoms with Crippen molar-refractivity contribution in [2.75, 3.05) is 6.61 Å². The third kappa shape index (κ3) is 4.60. The predicted octanol–water partition coefficient (Wildman–Crippen LogP) is 2.60. The quantitative estimate of drug-likeness (QED) is 0.808. The third-order valence-electron chi connectivity index (χ3n) is 2.66. The molecule has 3 heteroatoms. The number of hydrogen-bond donors (Lipinski definition) is 1. The summed E-state index contributed by atoms with van der Waals surface area (Å²) in [4.78, 5) is 0. The molecule has 0 aliphatic carbocycles. The van der Waals surface area contributed by atoms with Gasteiger partial charge in [0.05, 0.1) is 0 Å². The zero-order valence-corrected chi connectivity index (χ0v) is 14.2. The molecule has 0 amide bonds. The molecule has 0 heterocycles. The fraction of sp³-hybridized carbons (Fsp3) is 0.571. The molecule has 0 aliphatic rings. The maximum absolute atomic E-state index is 6.17. The van der Waals surface area contributed by atoms with Crippen molar-refractivity contribution in [2.45, 2.75) is 38.2 Å². The van der Waals surface area contributed by atoms with E-state index in [-0.39, 0.29) is 6.04 Å². The van der Waals surface area contributed by atoms with Crippen molar-refractivity contribution in [3.8, 4) is 0 Å². The van der Waals surface area contributed by atoms with Gasteiger partial charge in [0.15, 0.2) is 0 Å². The van der Waals surface area contributed by atoms with Crippen LogP contribution in [0.15, 0.2) is 24.3 Å². The molecule has 1 aromatic carbocycles. The summed E-state index contributed by atoms with van der Waals surface area (Å²) in [5.74, 6) is 0.611. The Morgan fingerprint density at radius 2 is 1.88 bits per heavy atom. The first-order chi connectivity index (χ1) is 8.06. The zero-order chi connectivity index (χ0) is 12.8. The molecule has 0 bridgehead atoms. The van der Waals surface area contributed by atoms with E-state index >= 15 is 0 Å². The summed E-state index contributed by atoms with van der Waals surface area (Å²) in [5, 5.41) is 0. The van der Waals surface area contributed by atoms with Crippen LogP contribution in [0, 0.1) is 5.92 Å². The average Bonchev–Trinajstić information content (AvgIpc) is 2.30. The van der Waals surface area contributed by atoms with Gasteiger partial charge in [-0.25, -0.2) is 0 Å². The van der Waals surface area contributed by atoms with Crippen LogP contribution in [0.1, 0.15) is 39.3 Å². The molecule has 0 spiro atoms. The van der Waals surface area contributed by atoms with E-state index in [2.05, 4.69) is 52.0 Å². The third-order valence-corrected chi connectivity index (χ3v) is 8.98. The number of benzene rings is 1. The number of hydrogen-bond acceptors (Lipinski definition) is 2. The number of nitrogens with two attached hydrogens (primary N) is 1. The van der Waals surface area contributed by atoms with E-state index < -0.39 is 20.2 Å². The van der Waals surface area contributed by atoms with Crippen molar-refractivity contribution in [1.29, 1.82) is 0 Å². The molecule has 17 heavy (non-hydrogen) atoms. The fourth-order valence-corrected chi connectivity index (χ4v) is 8.04. The normalized spacial score (nSPS) is 13.4. The van der Waals surface area contributed by atoms with Crippen molar-refractivity contribution in [1.82, 2.24) is 0 Å². The van der Waals surface area contributed by atoms with Crippen LogP contribution in [0.4, 0.5) is 0 Å². The molecule has 1 radical (unpaired) electrons. The zero-order valence-electron chi connectivity index (χ0n) is 11.4. The Morgan fingerprint density at radius 3 is 2.41 bits per heavy atom. The van der Waals surface area contributed by atoms with E-state index in [4.69, 9.17) is 8.81 Å². The van der Waals surface area contributed by atoms with Crippen molar-refractivity contribution >= 4 is 23.8 Å². The van der Waals surface area contributed by atoms with Gasteiger partial charge in [-0.2, -0.15) is 0 Å². The summed E-state index contributed by atoms with van der Waals surface area (Å²) in [6.45, 7) is 9.59. The monoisotopic (exact) mass is 342 g/mol. The van der Waals surface area contributed by atoms with Crippen molar-refractivity contribution in [2.24, 2.45) is 11.7 Å². The molecule has 1 unspecified atom stereocenters. The average molecular weight is 341 g/mol. The van der Waals surface area contributed by atoms with Crippen LogP contribution in [0.5, 0.6) is 0 Å². The summed E-state index contributed by atoms with van der Waals surface area (Å²) in [6.07, 6.45) is 0. The topological polar surface area (TPSA) is 35.2 Å². The molecule has 0 saturated carbocycles. The van der Waals surface area contributed by atoms with Crippen LogP contribution >= 0.6 is 0 Å². The molecule has 2 nitrogen and oxygen atoms in total. The molecule has 0 aromatic heterocycles. The predicted molar refractivity (Wildman–Crippen MR) is 75.7 cm³/mol. The minimum atomic E-state index is -1.91. The molecule has 95 valence electrons. The van der Waals surface area contributed by atoms with Gasteiger partial charge in [-0.05, 0) is 0 Å².